The molecule has 0 saturated heterocycles. The van der Waals surface area contributed by atoms with Crippen molar-refractivity contribution in [1.82, 2.24) is 0 Å². The van der Waals surface area contributed by atoms with E-state index in [9.17, 15) is 34.2 Å². The number of Topliss-reactive ketones (excluding diaryl/α,β-unsaturated/α-hetero) is 1. The van der Waals surface area contributed by atoms with Crippen LogP contribution in [0.25, 0.3) is 0 Å². The average Bonchev–Trinajstić information content (AvgIpc) is 3.21. The predicted octanol–water partition coefficient (Wildman–Crippen LogP) is 3.75. The minimum Gasteiger partial charge on any atom is -0.458 e. The van der Waals surface area contributed by atoms with E-state index in [0.717, 1.165) is 13.8 Å². The largest absolute Gasteiger partial charge is 0.458 e. The lowest BCUT2D eigenvalue weighted by molar-refractivity contribution is -0.185. The molecule has 1 saturated carbocycles. The van der Waals surface area contributed by atoms with Crippen LogP contribution in [0.15, 0.2) is 54.6 Å². The molecule has 2 aliphatic carbocycles. The third kappa shape index (κ3) is 7.75. The summed E-state index contributed by atoms with van der Waals surface area (Å²) in [5.41, 5.74) is -3.45. The molecular weight excluding hydrogens is 596 g/mol. The molecule has 0 amide bonds. The van der Waals surface area contributed by atoms with Gasteiger partial charge in [-0.05, 0) is 24.5 Å². The second-order valence-electron chi connectivity index (χ2n) is 13.3. The molecule has 1 aromatic rings. The van der Waals surface area contributed by atoms with Crippen LogP contribution >= 0.6 is 0 Å². The molecule has 46 heavy (non-hydrogen) atoms. The van der Waals surface area contributed by atoms with E-state index in [-0.39, 0.29) is 17.6 Å². The molecule has 0 bridgehead atoms. The van der Waals surface area contributed by atoms with Crippen molar-refractivity contribution in [2.75, 3.05) is 0 Å². The number of esters is 4. The van der Waals surface area contributed by atoms with Crippen molar-refractivity contribution in [3.05, 3.63) is 60.2 Å². The monoisotopic (exact) mass is 642 g/mol. The third-order valence-electron chi connectivity index (χ3n) is 8.73. The first-order valence-corrected chi connectivity index (χ1v) is 15.5. The highest BCUT2D eigenvalue weighted by molar-refractivity contribution is 5.92. The Morgan fingerprint density at radius 2 is 1.52 bits per heavy atom. The Morgan fingerprint density at radius 3 is 2.07 bits per heavy atom. The summed E-state index contributed by atoms with van der Waals surface area (Å²) in [6.07, 6.45) is -4.56. The zero-order valence-corrected chi connectivity index (χ0v) is 27.7. The Balaban J connectivity index is 2.40. The van der Waals surface area contributed by atoms with Gasteiger partial charge in [-0.3, -0.25) is 19.2 Å². The first-order valence-electron chi connectivity index (χ1n) is 15.5. The SMILES string of the molecule is C=C1[C@H](OC(=O)c2ccccc2)[C@@H](OC(C)=O)[C@@H](OC(C)=O)C(C)(C)C=C[C@H](C)C(=O)[C@@]2(O)C[C@H](C)[C@H](O)[C@@H]2[C@H]1OC(=O)C(C)C. The van der Waals surface area contributed by atoms with E-state index >= 15 is 0 Å². The molecule has 0 aromatic heterocycles. The van der Waals surface area contributed by atoms with Gasteiger partial charge in [0.1, 0.15) is 11.7 Å². The lowest BCUT2D eigenvalue weighted by Gasteiger charge is -2.43. The van der Waals surface area contributed by atoms with Gasteiger partial charge >= 0.3 is 23.9 Å². The summed E-state index contributed by atoms with van der Waals surface area (Å²) in [5.74, 6) is -7.46. The number of allylic oxidation sites excluding steroid dienone is 1. The summed E-state index contributed by atoms with van der Waals surface area (Å²) in [5, 5.41) is 23.6. The first-order chi connectivity index (χ1) is 21.3. The van der Waals surface area contributed by atoms with Gasteiger partial charge in [-0.15, -0.1) is 0 Å². The maximum atomic E-state index is 14.0. The van der Waals surface area contributed by atoms with Crippen LogP contribution in [-0.4, -0.2) is 76.0 Å². The zero-order chi connectivity index (χ0) is 34.7. The van der Waals surface area contributed by atoms with Crippen molar-refractivity contribution >= 4 is 29.7 Å². The number of carbonyl (C=O) groups excluding carboxylic acids is 5. The predicted molar refractivity (Wildman–Crippen MR) is 166 cm³/mol. The second kappa shape index (κ2) is 14.3. The van der Waals surface area contributed by atoms with Crippen LogP contribution in [0.1, 0.15) is 72.2 Å². The molecule has 0 radical (unpaired) electrons. The fourth-order valence-electron chi connectivity index (χ4n) is 6.26. The molecule has 11 heteroatoms. The molecule has 1 fully saturated rings. The molecule has 11 nitrogen and oxygen atoms in total. The van der Waals surface area contributed by atoms with Crippen molar-refractivity contribution in [3.63, 3.8) is 0 Å². The number of ketones is 1. The van der Waals surface area contributed by atoms with Gasteiger partial charge in [0, 0.05) is 30.8 Å². The molecule has 0 unspecified atom stereocenters. The average molecular weight is 643 g/mol. The fraction of sp³-hybridized carbons (Fsp3) is 0.571. The lowest BCUT2D eigenvalue weighted by atomic mass is 9.72. The minimum absolute atomic E-state index is 0.122. The van der Waals surface area contributed by atoms with Gasteiger partial charge in [0.05, 0.1) is 23.5 Å². The van der Waals surface area contributed by atoms with Crippen molar-refractivity contribution < 1.29 is 53.1 Å². The van der Waals surface area contributed by atoms with Crippen molar-refractivity contribution in [1.29, 1.82) is 0 Å². The molecule has 2 N–H and O–H groups in total. The number of aliphatic hydroxyl groups excluding tert-OH is 1. The number of fused-ring (bicyclic) bond motifs is 1. The third-order valence-corrected chi connectivity index (χ3v) is 8.73. The van der Waals surface area contributed by atoms with Crippen LogP contribution < -0.4 is 0 Å². The fourth-order valence-corrected chi connectivity index (χ4v) is 6.26. The normalized spacial score (nSPS) is 32.8. The zero-order valence-electron chi connectivity index (χ0n) is 27.7. The number of benzene rings is 1. The number of aliphatic hydroxyl groups is 2. The maximum absolute atomic E-state index is 14.0. The van der Waals surface area contributed by atoms with Crippen molar-refractivity contribution in [2.45, 2.75) is 97.9 Å². The molecule has 1 aromatic carbocycles. The van der Waals surface area contributed by atoms with Crippen LogP contribution in [0, 0.1) is 29.1 Å². The highest BCUT2D eigenvalue weighted by Gasteiger charge is 2.61. The highest BCUT2D eigenvalue weighted by atomic mass is 16.6. The molecule has 252 valence electrons. The maximum Gasteiger partial charge on any atom is 0.338 e. The van der Waals surface area contributed by atoms with Crippen LogP contribution in [0.3, 0.4) is 0 Å². The van der Waals surface area contributed by atoms with E-state index in [1.807, 2.05) is 0 Å². The van der Waals surface area contributed by atoms with Crippen molar-refractivity contribution in [3.8, 4) is 0 Å². The molecule has 9 atom stereocenters. The minimum atomic E-state index is -2.20. The second-order valence-corrected chi connectivity index (χ2v) is 13.3. The van der Waals surface area contributed by atoms with Crippen LogP contribution in [0.4, 0.5) is 0 Å². The topological polar surface area (TPSA) is 163 Å². The Morgan fingerprint density at radius 1 is 0.935 bits per heavy atom. The summed E-state index contributed by atoms with van der Waals surface area (Å²) in [4.78, 5) is 66.0. The van der Waals surface area contributed by atoms with Crippen LogP contribution in [0.2, 0.25) is 0 Å². The van der Waals surface area contributed by atoms with Gasteiger partial charge in [-0.1, -0.05) is 78.5 Å². The Labute approximate surface area is 269 Å². The molecule has 3 rings (SSSR count). The quantitative estimate of drug-likeness (QED) is 0.264. The van der Waals surface area contributed by atoms with E-state index in [2.05, 4.69) is 6.58 Å². The summed E-state index contributed by atoms with van der Waals surface area (Å²) in [6.45, 7) is 16.1. The summed E-state index contributed by atoms with van der Waals surface area (Å²) < 4.78 is 23.5. The van der Waals surface area contributed by atoms with Gasteiger partial charge < -0.3 is 29.2 Å². The number of hydrogen-bond donors (Lipinski definition) is 2. The van der Waals surface area contributed by atoms with Gasteiger partial charge in [0.2, 0.25) is 0 Å². The number of hydrogen-bond acceptors (Lipinski definition) is 11. The van der Waals surface area contributed by atoms with E-state index in [1.54, 1.807) is 65.8 Å². The van der Waals surface area contributed by atoms with Crippen LogP contribution in [-0.2, 0) is 38.1 Å². The smallest absolute Gasteiger partial charge is 0.338 e. The van der Waals surface area contributed by atoms with Crippen LogP contribution in [0.5, 0.6) is 0 Å². The van der Waals surface area contributed by atoms with E-state index in [4.69, 9.17) is 18.9 Å². The highest BCUT2D eigenvalue weighted by Crippen LogP contribution is 2.48. The molecule has 0 heterocycles. The van der Waals surface area contributed by atoms with Gasteiger partial charge in [-0.2, -0.15) is 0 Å². The Bertz CT molecular complexity index is 1360. The van der Waals surface area contributed by atoms with E-state index in [0.29, 0.717) is 0 Å². The summed E-state index contributed by atoms with van der Waals surface area (Å²) in [6, 6.07) is 7.91. The standard InChI is InChI=1S/C35H46O11/c1-18(2)32(40)45-27-21(5)28(46-33(41)24-13-11-10-12-14-24)29(43-22(6)36)31(44-23(7)37)34(8,9)16-15-19(3)30(39)35(42)17-20(4)26(38)25(27)35/h10-16,18-20,25-29,31,38,42H,5,17H2,1-4,6-9H3/t19-,20-,25+,26-,27-,28-,29+,31+,35+/m0/s1. The molecular formula is C35H46O11. The van der Waals surface area contributed by atoms with Crippen molar-refractivity contribution in [2.24, 2.45) is 29.1 Å². The number of rotatable bonds is 6. The molecule has 0 spiro atoms. The van der Waals surface area contributed by atoms with Gasteiger partial charge in [-0.25, -0.2) is 4.79 Å². The van der Waals surface area contributed by atoms with E-state index in [1.165, 1.54) is 18.2 Å². The molecule has 0 aliphatic heterocycles. The van der Waals surface area contributed by atoms with Gasteiger partial charge in [0.25, 0.3) is 0 Å². The number of carbonyl (C=O) groups is 5. The Hall–Kier alpha value is -3.83. The number of ether oxygens (including phenoxy) is 4. The first kappa shape index (κ1) is 36.6. The molecule has 2 aliphatic rings. The lowest BCUT2D eigenvalue weighted by Crippen LogP contribution is -2.57. The van der Waals surface area contributed by atoms with Gasteiger partial charge in [0.15, 0.2) is 24.1 Å². The van der Waals surface area contributed by atoms with E-state index < -0.39 is 94.9 Å². The summed E-state index contributed by atoms with van der Waals surface area (Å²) >= 11 is 0. The Kier molecular flexibility index (Phi) is 11.4. The summed E-state index contributed by atoms with van der Waals surface area (Å²) in [7, 11) is 0.